The topological polar surface area (TPSA) is 33.7 Å². The average molecular weight is 294 g/mol. The Morgan fingerprint density at radius 3 is 1.91 bits per heavy atom. The van der Waals surface area contributed by atoms with Crippen LogP contribution in [0, 0.1) is 19.8 Å². The summed E-state index contributed by atoms with van der Waals surface area (Å²) in [5.74, 6) is 0.447. The molecule has 0 spiro atoms. The van der Waals surface area contributed by atoms with Gasteiger partial charge in [-0.2, -0.15) is 0 Å². The minimum absolute atomic E-state index is 0.0735. The molecule has 0 aliphatic carbocycles. The van der Waals surface area contributed by atoms with Crippen molar-refractivity contribution in [3.8, 4) is 0 Å². The molecule has 0 unspecified atom stereocenters. The van der Waals surface area contributed by atoms with Gasteiger partial charge in [-0.15, -0.1) is 0 Å². The van der Waals surface area contributed by atoms with Gasteiger partial charge in [-0.1, -0.05) is 59.7 Å². The summed E-state index contributed by atoms with van der Waals surface area (Å²) in [7, 11) is 0. The molecule has 1 aliphatic heterocycles. The molecule has 2 aromatic rings. The molecule has 1 aliphatic rings. The molecule has 0 radical (unpaired) electrons. The van der Waals surface area contributed by atoms with Crippen molar-refractivity contribution in [3.05, 3.63) is 70.8 Å². The number of hydrogen-bond donors (Lipinski definition) is 1. The molecule has 0 bridgehead atoms. The van der Waals surface area contributed by atoms with Gasteiger partial charge in [0.05, 0.1) is 12.3 Å². The maximum Gasteiger partial charge on any atom is 0.148 e. The number of nitrogens with two attached hydrogens (primary N) is 1. The summed E-state index contributed by atoms with van der Waals surface area (Å²) in [4.78, 5) is 12.5. The molecule has 1 fully saturated rings. The Morgan fingerprint density at radius 2 is 1.36 bits per heavy atom. The number of rotatable bonds is 2. The first-order chi connectivity index (χ1) is 10.5. The van der Waals surface area contributed by atoms with E-state index >= 15 is 0 Å². The van der Waals surface area contributed by atoms with E-state index in [0.29, 0.717) is 12.2 Å². The van der Waals surface area contributed by atoms with Crippen LogP contribution in [-0.2, 0) is 4.79 Å². The molecule has 3 atom stereocenters. The number of Topliss-reactive ketones (excluding diaryl/α,β-unsaturated/α-hetero) is 1. The Hall–Kier alpha value is -1.93. The highest BCUT2D eigenvalue weighted by Gasteiger charge is 2.38. The van der Waals surface area contributed by atoms with Gasteiger partial charge < -0.3 is 5.32 Å². The quantitative estimate of drug-likeness (QED) is 0.906. The lowest BCUT2D eigenvalue weighted by molar-refractivity contribution is -0.742. The molecular formula is C20H24NO+. The van der Waals surface area contributed by atoms with Crippen LogP contribution in [0.3, 0.4) is 0 Å². The molecule has 0 aromatic heterocycles. The maximum absolute atomic E-state index is 12.5. The smallest absolute Gasteiger partial charge is 0.148 e. The van der Waals surface area contributed by atoms with Crippen molar-refractivity contribution in [2.45, 2.75) is 39.3 Å². The third-order valence-corrected chi connectivity index (χ3v) is 4.88. The Labute approximate surface area is 132 Å². The molecule has 2 nitrogen and oxygen atoms in total. The van der Waals surface area contributed by atoms with Gasteiger partial charge in [0.15, 0.2) is 0 Å². The van der Waals surface area contributed by atoms with Crippen LogP contribution >= 0.6 is 0 Å². The average Bonchev–Trinajstić information content (AvgIpc) is 2.52. The zero-order valence-electron chi connectivity index (χ0n) is 13.5. The van der Waals surface area contributed by atoms with E-state index in [1.807, 2.05) is 0 Å². The Morgan fingerprint density at radius 1 is 0.864 bits per heavy atom. The van der Waals surface area contributed by atoms with E-state index in [2.05, 4.69) is 74.6 Å². The largest absolute Gasteiger partial charge is 0.333 e. The second-order valence-electron chi connectivity index (χ2n) is 6.61. The van der Waals surface area contributed by atoms with Crippen LogP contribution in [-0.4, -0.2) is 5.78 Å². The predicted octanol–water partition coefficient (Wildman–Crippen LogP) is 3.26. The van der Waals surface area contributed by atoms with Crippen LogP contribution in [0.4, 0.5) is 0 Å². The van der Waals surface area contributed by atoms with E-state index in [1.54, 1.807) is 0 Å². The predicted molar refractivity (Wildman–Crippen MR) is 88.6 cm³/mol. The van der Waals surface area contributed by atoms with Crippen molar-refractivity contribution in [2.24, 2.45) is 5.92 Å². The second-order valence-corrected chi connectivity index (χ2v) is 6.61. The van der Waals surface area contributed by atoms with Crippen molar-refractivity contribution in [2.75, 3.05) is 0 Å². The summed E-state index contributed by atoms with van der Waals surface area (Å²) in [6, 6.07) is 17.6. The molecule has 22 heavy (non-hydrogen) atoms. The fraction of sp³-hybridized carbons (Fsp3) is 0.350. The molecule has 1 saturated heterocycles. The maximum atomic E-state index is 12.5. The number of quaternary nitrogens is 1. The monoisotopic (exact) mass is 294 g/mol. The number of ketones is 1. The summed E-state index contributed by atoms with van der Waals surface area (Å²) >= 11 is 0. The van der Waals surface area contributed by atoms with Crippen LogP contribution in [0.2, 0.25) is 0 Å². The highest BCUT2D eigenvalue weighted by Crippen LogP contribution is 2.29. The Balaban J connectivity index is 1.88. The van der Waals surface area contributed by atoms with Gasteiger partial charge in [0.1, 0.15) is 17.9 Å². The highest BCUT2D eigenvalue weighted by atomic mass is 16.1. The second kappa shape index (κ2) is 6.05. The zero-order chi connectivity index (χ0) is 15.7. The third-order valence-electron chi connectivity index (χ3n) is 4.88. The molecule has 3 rings (SSSR count). The summed E-state index contributed by atoms with van der Waals surface area (Å²) in [6.07, 6.45) is 0.632. The van der Waals surface area contributed by atoms with Crippen molar-refractivity contribution in [1.29, 1.82) is 0 Å². The molecule has 2 N–H and O–H groups in total. The van der Waals surface area contributed by atoms with E-state index in [-0.39, 0.29) is 18.0 Å². The van der Waals surface area contributed by atoms with Crippen molar-refractivity contribution in [1.82, 2.24) is 0 Å². The minimum atomic E-state index is 0.0735. The van der Waals surface area contributed by atoms with E-state index in [1.165, 1.54) is 22.3 Å². The zero-order valence-corrected chi connectivity index (χ0v) is 13.5. The van der Waals surface area contributed by atoms with Crippen LogP contribution in [0.5, 0.6) is 0 Å². The molecule has 114 valence electrons. The highest BCUT2D eigenvalue weighted by molar-refractivity contribution is 5.82. The van der Waals surface area contributed by atoms with Crippen molar-refractivity contribution in [3.63, 3.8) is 0 Å². The molecule has 0 saturated carbocycles. The lowest BCUT2D eigenvalue weighted by Gasteiger charge is -2.32. The van der Waals surface area contributed by atoms with Gasteiger partial charge in [0.2, 0.25) is 0 Å². The third kappa shape index (κ3) is 2.97. The van der Waals surface area contributed by atoms with E-state index < -0.39 is 0 Å². The number of aryl methyl sites for hydroxylation is 2. The standard InChI is InChI=1S/C20H23NO/c1-13-4-8-16(9-5-13)18-12-19(22)15(3)20(21-18)17-10-6-14(2)7-11-17/h4-11,15,18,20-21H,12H2,1-3H3/p+1/t15-,18+,20-/m1/s1. The van der Waals surface area contributed by atoms with Gasteiger partial charge in [-0.25, -0.2) is 0 Å². The molecule has 0 amide bonds. The van der Waals surface area contributed by atoms with Crippen LogP contribution < -0.4 is 5.32 Å². The fourth-order valence-corrected chi connectivity index (χ4v) is 3.32. The Kier molecular flexibility index (Phi) is 4.12. The molecule has 2 heteroatoms. The summed E-state index contributed by atoms with van der Waals surface area (Å²) in [5, 5.41) is 2.38. The number of hydrogen-bond acceptors (Lipinski definition) is 1. The van der Waals surface area contributed by atoms with Crippen LogP contribution in [0.1, 0.15) is 47.7 Å². The van der Waals surface area contributed by atoms with E-state index in [4.69, 9.17) is 0 Å². The number of piperidine rings is 1. The van der Waals surface area contributed by atoms with Gasteiger partial charge in [-0.3, -0.25) is 4.79 Å². The summed E-state index contributed by atoms with van der Waals surface area (Å²) in [5.41, 5.74) is 5.02. The van der Waals surface area contributed by atoms with Gasteiger partial charge in [0.25, 0.3) is 0 Å². The SMILES string of the molecule is Cc1ccc([C@@H]2CC(=O)[C@@H](C)[C@H](c3ccc(C)cc3)[NH2+]2)cc1. The lowest BCUT2D eigenvalue weighted by Crippen LogP contribution is -2.90. The van der Waals surface area contributed by atoms with Crippen molar-refractivity contribution < 1.29 is 10.1 Å². The molecule has 2 aromatic carbocycles. The van der Waals surface area contributed by atoms with Crippen molar-refractivity contribution >= 4 is 5.78 Å². The fourth-order valence-electron chi connectivity index (χ4n) is 3.32. The first-order valence-electron chi connectivity index (χ1n) is 8.05. The van der Waals surface area contributed by atoms with Gasteiger partial charge in [-0.05, 0) is 20.8 Å². The van der Waals surface area contributed by atoms with Crippen LogP contribution in [0.15, 0.2) is 48.5 Å². The normalized spacial score (nSPS) is 25.2. The van der Waals surface area contributed by atoms with E-state index in [0.717, 1.165) is 0 Å². The summed E-state index contributed by atoms with van der Waals surface area (Å²) in [6.45, 7) is 6.25. The molecular weight excluding hydrogens is 270 g/mol. The first kappa shape index (κ1) is 15.0. The number of carbonyl (C=O) groups excluding carboxylic acids is 1. The van der Waals surface area contributed by atoms with E-state index in [9.17, 15) is 4.79 Å². The van der Waals surface area contributed by atoms with Gasteiger partial charge >= 0.3 is 0 Å². The number of benzene rings is 2. The van der Waals surface area contributed by atoms with Crippen LogP contribution in [0.25, 0.3) is 0 Å². The number of carbonyl (C=O) groups is 1. The molecule has 1 heterocycles. The van der Waals surface area contributed by atoms with Gasteiger partial charge in [0, 0.05) is 11.1 Å². The minimum Gasteiger partial charge on any atom is -0.333 e. The lowest BCUT2D eigenvalue weighted by atomic mass is 9.82. The summed E-state index contributed by atoms with van der Waals surface area (Å²) < 4.78 is 0. The Bertz CT molecular complexity index is 657. The first-order valence-corrected chi connectivity index (χ1v) is 8.05.